The Labute approximate surface area is 188 Å². The molecule has 5 rings (SSSR count). The van der Waals surface area contributed by atoms with E-state index in [0.717, 1.165) is 24.3 Å². The van der Waals surface area contributed by atoms with E-state index in [9.17, 15) is 36.3 Å². The molecule has 174 valence electrons. The van der Waals surface area contributed by atoms with E-state index in [4.69, 9.17) is 5.26 Å². The zero-order valence-corrected chi connectivity index (χ0v) is 17.0. The van der Waals surface area contributed by atoms with Crippen molar-refractivity contribution in [3.8, 4) is 6.07 Å². The highest BCUT2D eigenvalue weighted by Crippen LogP contribution is 2.44. The lowest BCUT2D eigenvalue weighted by atomic mass is 10.1. The van der Waals surface area contributed by atoms with Crippen molar-refractivity contribution < 1.29 is 36.3 Å². The average Bonchev–Trinajstić information content (AvgIpc) is 3.43. The van der Waals surface area contributed by atoms with Gasteiger partial charge in [0.25, 0.3) is 11.8 Å². The van der Waals surface area contributed by atoms with Gasteiger partial charge in [-0.1, -0.05) is 0 Å². The third kappa shape index (κ3) is 3.11. The van der Waals surface area contributed by atoms with Gasteiger partial charge in [-0.2, -0.15) is 18.4 Å². The van der Waals surface area contributed by atoms with Gasteiger partial charge in [0.1, 0.15) is 17.7 Å². The summed E-state index contributed by atoms with van der Waals surface area (Å²) in [5.41, 5.74) is -2.55. The lowest BCUT2D eigenvalue weighted by molar-refractivity contribution is -0.137. The predicted molar refractivity (Wildman–Crippen MR) is 104 cm³/mol. The molecule has 2 aromatic carbocycles. The van der Waals surface area contributed by atoms with Gasteiger partial charge in [0, 0.05) is 18.2 Å². The second-order valence-corrected chi connectivity index (χ2v) is 8.22. The van der Waals surface area contributed by atoms with Crippen molar-refractivity contribution in [2.75, 3.05) is 11.4 Å². The number of imide groups is 1. The molecule has 3 aliphatic rings. The highest BCUT2D eigenvalue weighted by Gasteiger charge is 2.63. The van der Waals surface area contributed by atoms with Crippen molar-refractivity contribution in [3.63, 3.8) is 0 Å². The number of hydrogen-bond donors (Lipinski definition) is 0. The zero-order valence-electron chi connectivity index (χ0n) is 17.0. The number of rotatable bonds is 2. The summed E-state index contributed by atoms with van der Waals surface area (Å²) in [5, 5.41) is 8.97. The lowest BCUT2D eigenvalue weighted by Crippen LogP contribution is -2.54. The number of carbonyl (C=O) groups is 3. The van der Waals surface area contributed by atoms with E-state index >= 15 is 0 Å². The van der Waals surface area contributed by atoms with Gasteiger partial charge in [-0.3, -0.25) is 9.59 Å². The van der Waals surface area contributed by atoms with E-state index in [2.05, 4.69) is 0 Å². The van der Waals surface area contributed by atoms with E-state index in [1.807, 2.05) is 0 Å². The van der Waals surface area contributed by atoms with Crippen LogP contribution in [0.4, 0.5) is 32.4 Å². The Morgan fingerprint density at radius 3 is 2.35 bits per heavy atom. The summed E-state index contributed by atoms with van der Waals surface area (Å²) < 4.78 is 67.3. The highest BCUT2D eigenvalue weighted by atomic mass is 19.4. The quantitative estimate of drug-likeness (QED) is 0.492. The molecule has 3 saturated heterocycles. The van der Waals surface area contributed by atoms with Crippen molar-refractivity contribution in [3.05, 3.63) is 64.7 Å². The molecule has 12 heteroatoms. The molecule has 3 unspecified atom stereocenters. The summed E-state index contributed by atoms with van der Waals surface area (Å²) in [6.45, 7) is 0.00611. The molecule has 3 heterocycles. The maximum Gasteiger partial charge on any atom is 0.417 e. The molecule has 0 aromatic heterocycles. The Balaban J connectivity index is 1.47. The van der Waals surface area contributed by atoms with E-state index in [1.54, 1.807) is 0 Å². The maximum atomic E-state index is 13.6. The van der Waals surface area contributed by atoms with Gasteiger partial charge in [-0.25, -0.2) is 18.5 Å². The van der Waals surface area contributed by atoms with Crippen LogP contribution in [-0.2, 0) is 11.0 Å². The molecule has 2 bridgehead atoms. The first-order chi connectivity index (χ1) is 16.0. The highest BCUT2D eigenvalue weighted by molar-refractivity contribution is 6.22. The molecular formula is C22H13F5N4O3. The van der Waals surface area contributed by atoms with Crippen LogP contribution < -0.4 is 4.90 Å². The summed E-state index contributed by atoms with van der Waals surface area (Å²) in [6, 6.07) is 2.93. The van der Waals surface area contributed by atoms with Gasteiger partial charge in [0.2, 0.25) is 0 Å². The number of nitriles is 1. The summed E-state index contributed by atoms with van der Waals surface area (Å²) in [6.07, 6.45) is -4.63. The molecule has 0 N–H and O–H groups in total. The summed E-state index contributed by atoms with van der Waals surface area (Å²) in [5.74, 6) is -3.44. The molecular weight excluding hydrogens is 463 g/mol. The molecule has 4 amide bonds. The molecule has 3 aliphatic heterocycles. The number of carbonyl (C=O) groups excluding carboxylic acids is 3. The zero-order chi connectivity index (χ0) is 24.5. The number of fused-ring (bicyclic) bond motifs is 5. The molecule has 0 radical (unpaired) electrons. The molecule has 3 atom stereocenters. The lowest BCUT2D eigenvalue weighted by Gasteiger charge is -2.34. The van der Waals surface area contributed by atoms with E-state index < -0.39 is 64.9 Å². The van der Waals surface area contributed by atoms with Gasteiger partial charge < -0.3 is 9.80 Å². The number of alkyl halides is 3. The minimum Gasteiger partial charge on any atom is -0.331 e. The molecule has 0 saturated carbocycles. The number of piperazine rings is 1. The number of hydrogen-bond acceptors (Lipinski definition) is 4. The van der Waals surface area contributed by atoms with Crippen LogP contribution in [0.2, 0.25) is 0 Å². The Kier molecular flexibility index (Phi) is 4.65. The van der Waals surface area contributed by atoms with Crippen LogP contribution in [0.25, 0.3) is 0 Å². The number of likely N-dealkylation sites (tertiary alicyclic amines) is 1. The molecule has 0 aliphatic carbocycles. The second kappa shape index (κ2) is 7.24. The Morgan fingerprint density at radius 1 is 1.06 bits per heavy atom. The number of anilines is 1. The molecule has 2 aromatic rings. The van der Waals surface area contributed by atoms with Crippen LogP contribution in [0.5, 0.6) is 0 Å². The van der Waals surface area contributed by atoms with E-state index in [-0.39, 0.29) is 24.2 Å². The van der Waals surface area contributed by atoms with Crippen LogP contribution in [0.15, 0.2) is 36.4 Å². The van der Waals surface area contributed by atoms with Gasteiger partial charge in [0.05, 0.1) is 35.0 Å². The Morgan fingerprint density at radius 2 is 1.74 bits per heavy atom. The standard InChI is InChI=1S/C22H13F5N4O3/c23-12-3-11(4-13(24)5-12)19(32)29-9-15-7-17(29)18-20(33)31(21(34)30(15)18)14-2-1-10(8-28)16(6-14)22(25,26)27/h1-6,15,17-18H,7,9H2. The third-order valence-corrected chi connectivity index (χ3v) is 6.32. The van der Waals surface area contributed by atoms with E-state index in [0.29, 0.717) is 17.0 Å². The normalized spacial score (nSPS) is 23.5. The molecule has 34 heavy (non-hydrogen) atoms. The van der Waals surface area contributed by atoms with Crippen LogP contribution in [0.3, 0.4) is 0 Å². The SMILES string of the molecule is N#Cc1ccc(N2C(=O)C3C4CC(CN4C(=O)c4cc(F)cc(F)c4)N3C2=O)cc1C(F)(F)F. The number of halogens is 5. The smallest absolute Gasteiger partial charge is 0.331 e. The Bertz CT molecular complexity index is 1280. The van der Waals surface area contributed by atoms with Crippen molar-refractivity contribution in [1.29, 1.82) is 5.26 Å². The van der Waals surface area contributed by atoms with Crippen LogP contribution in [0.1, 0.15) is 27.9 Å². The largest absolute Gasteiger partial charge is 0.417 e. The fourth-order valence-corrected chi connectivity index (χ4v) is 4.97. The van der Waals surface area contributed by atoms with Gasteiger partial charge >= 0.3 is 12.2 Å². The number of urea groups is 1. The maximum absolute atomic E-state index is 13.6. The Hall–Kier alpha value is -4.01. The molecule has 0 spiro atoms. The predicted octanol–water partition coefficient (Wildman–Crippen LogP) is 3.29. The van der Waals surface area contributed by atoms with Crippen molar-refractivity contribution in [2.45, 2.75) is 30.7 Å². The summed E-state index contributed by atoms with van der Waals surface area (Å²) >= 11 is 0. The van der Waals surface area contributed by atoms with Crippen LogP contribution in [-0.4, -0.2) is 52.3 Å². The van der Waals surface area contributed by atoms with Crippen molar-refractivity contribution >= 4 is 23.5 Å². The topological polar surface area (TPSA) is 84.7 Å². The first-order valence-electron chi connectivity index (χ1n) is 10.1. The van der Waals surface area contributed by atoms with Gasteiger partial charge in [-0.05, 0) is 36.8 Å². The number of nitrogens with zero attached hydrogens (tertiary/aromatic N) is 4. The van der Waals surface area contributed by atoms with Crippen molar-refractivity contribution in [2.24, 2.45) is 0 Å². The minimum atomic E-state index is -4.88. The van der Waals surface area contributed by atoms with Gasteiger partial charge in [0.15, 0.2) is 0 Å². The molecule has 3 fully saturated rings. The first-order valence-corrected chi connectivity index (χ1v) is 10.1. The molecule has 7 nitrogen and oxygen atoms in total. The van der Waals surface area contributed by atoms with Crippen LogP contribution >= 0.6 is 0 Å². The van der Waals surface area contributed by atoms with Crippen molar-refractivity contribution in [1.82, 2.24) is 9.80 Å². The fourth-order valence-electron chi connectivity index (χ4n) is 4.97. The van der Waals surface area contributed by atoms with Crippen LogP contribution in [0, 0.1) is 23.0 Å². The number of amides is 4. The number of benzene rings is 2. The summed E-state index contributed by atoms with van der Waals surface area (Å²) in [4.78, 5) is 42.2. The van der Waals surface area contributed by atoms with E-state index in [1.165, 1.54) is 15.9 Å². The minimum absolute atomic E-state index is 0.00611. The average molecular weight is 476 g/mol. The monoisotopic (exact) mass is 476 g/mol. The first kappa shape index (κ1) is 21.8. The summed E-state index contributed by atoms with van der Waals surface area (Å²) in [7, 11) is 0. The third-order valence-electron chi connectivity index (χ3n) is 6.32. The second-order valence-electron chi connectivity index (χ2n) is 8.22. The fraction of sp³-hybridized carbons (Fsp3) is 0.273. The van der Waals surface area contributed by atoms with Gasteiger partial charge in [-0.15, -0.1) is 0 Å².